The third kappa shape index (κ3) is 5.37. The van der Waals surface area contributed by atoms with Gasteiger partial charge in [-0.15, -0.1) is 0 Å². The van der Waals surface area contributed by atoms with Gasteiger partial charge in [-0.1, -0.05) is 63.9 Å². The van der Waals surface area contributed by atoms with Crippen molar-refractivity contribution in [2.45, 2.75) is 72.4 Å². The molecule has 3 N–H and O–H groups in total. The van der Waals surface area contributed by atoms with Gasteiger partial charge in [-0.3, -0.25) is 9.59 Å². The molecule has 5 rings (SSSR count). The minimum atomic E-state index is -0.282. The molecule has 0 saturated carbocycles. The molecule has 7 nitrogen and oxygen atoms in total. The molecule has 4 aromatic rings. The molecule has 1 atom stereocenters. The lowest BCUT2D eigenvalue weighted by Crippen LogP contribution is -2.30. The lowest BCUT2D eigenvalue weighted by atomic mass is 9.75. The topological polar surface area (TPSA) is 99.9 Å². The van der Waals surface area contributed by atoms with Crippen molar-refractivity contribution in [3.63, 3.8) is 0 Å². The maximum absolute atomic E-state index is 13.5. The van der Waals surface area contributed by atoms with Crippen LogP contribution in [0.2, 0.25) is 0 Å². The monoisotopic (exact) mass is 512 g/mol. The van der Waals surface area contributed by atoms with Crippen LogP contribution < -0.4 is 10.1 Å². The van der Waals surface area contributed by atoms with Crippen LogP contribution in [0.15, 0.2) is 48.5 Å². The molecule has 0 aliphatic heterocycles. The average molecular weight is 513 g/mol. The Morgan fingerprint density at radius 3 is 2.68 bits per heavy atom. The molecule has 1 aliphatic rings. The number of fused-ring (bicyclic) bond motifs is 2. The number of aromatic nitrogens is 3. The molecule has 38 heavy (non-hydrogen) atoms. The van der Waals surface area contributed by atoms with Crippen LogP contribution in [0.1, 0.15) is 96.0 Å². The van der Waals surface area contributed by atoms with Gasteiger partial charge >= 0.3 is 0 Å². The second-order valence-corrected chi connectivity index (χ2v) is 11.2. The van der Waals surface area contributed by atoms with Gasteiger partial charge < -0.3 is 20.0 Å². The van der Waals surface area contributed by atoms with Gasteiger partial charge in [0.15, 0.2) is 5.78 Å². The first-order valence-electron chi connectivity index (χ1n) is 13.5. The Kier molecular flexibility index (Phi) is 7.11. The number of hydrogen-bond acceptors (Lipinski definition) is 4. The van der Waals surface area contributed by atoms with E-state index in [4.69, 9.17) is 9.72 Å². The molecule has 1 aliphatic carbocycles. The van der Waals surface area contributed by atoms with Gasteiger partial charge in [0.1, 0.15) is 23.9 Å². The Bertz CT molecular complexity index is 1470. The largest absolute Gasteiger partial charge is 0.489 e. The first-order valence-corrected chi connectivity index (χ1v) is 13.5. The first kappa shape index (κ1) is 25.8. The van der Waals surface area contributed by atoms with Crippen LogP contribution in [0.25, 0.3) is 11.0 Å². The van der Waals surface area contributed by atoms with E-state index in [1.165, 1.54) is 0 Å². The van der Waals surface area contributed by atoms with Crippen LogP contribution in [-0.2, 0) is 13.0 Å². The zero-order valence-corrected chi connectivity index (χ0v) is 22.6. The van der Waals surface area contributed by atoms with E-state index in [0.29, 0.717) is 30.1 Å². The third-order valence-corrected chi connectivity index (χ3v) is 7.33. The van der Waals surface area contributed by atoms with Gasteiger partial charge in [0.2, 0.25) is 0 Å². The van der Waals surface area contributed by atoms with Crippen molar-refractivity contribution in [2.75, 3.05) is 0 Å². The molecule has 7 heteroatoms. The Balaban J connectivity index is 1.36. The van der Waals surface area contributed by atoms with Crippen LogP contribution in [-0.4, -0.2) is 26.6 Å². The molecule has 0 radical (unpaired) electrons. The number of nitrogens with zero attached hydrogens (tertiary/aromatic N) is 1. The second kappa shape index (κ2) is 10.5. The molecule has 1 amide bonds. The highest BCUT2D eigenvalue weighted by atomic mass is 16.5. The third-order valence-electron chi connectivity index (χ3n) is 7.33. The smallest absolute Gasteiger partial charge is 0.268 e. The summed E-state index contributed by atoms with van der Waals surface area (Å²) in [4.78, 5) is 37.8. The van der Waals surface area contributed by atoms with Crippen LogP contribution in [0, 0.1) is 12.3 Å². The van der Waals surface area contributed by atoms with Gasteiger partial charge in [0.05, 0.1) is 17.1 Å². The summed E-state index contributed by atoms with van der Waals surface area (Å²) >= 11 is 0. The molecular weight excluding hydrogens is 476 g/mol. The molecule has 2 aromatic carbocycles. The molecule has 0 bridgehead atoms. The Hall–Kier alpha value is -3.87. The van der Waals surface area contributed by atoms with E-state index < -0.39 is 0 Å². The first-order chi connectivity index (χ1) is 18.2. The summed E-state index contributed by atoms with van der Waals surface area (Å²) in [7, 11) is 0. The number of nitrogens with one attached hydrogen (secondary N) is 3. The molecule has 0 unspecified atom stereocenters. The molecular formula is C31H36N4O3. The fraction of sp³-hybridized carbons (Fsp3) is 0.387. The van der Waals surface area contributed by atoms with Crippen LogP contribution >= 0.6 is 0 Å². The highest BCUT2D eigenvalue weighted by Crippen LogP contribution is 2.37. The van der Waals surface area contributed by atoms with Gasteiger partial charge in [0.25, 0.3) is 5.91 Å². The van der Waals surface area contributed by atoms with E-state index in [1.54, 1.807) is 0 Å². The van der Waals surface area contributed by atoms with Crippen LogP contribution in [0.3, 0.4) is 0 Å². The number of benzene rings is 2. The van der Waals surface area contributed by atoms with E-state index in [0.717, 1.165) is 59.3 Å². The lowest BCUT2D eigenvalue weighted by molar-refractivity contribution is 0.0908. The summed E-state index contributed by atoms with van der Waals surface area (Å²) in [5, 5.41) is 3.19. The highest BCUT2D eigenvalue weighted by Gasteiger charge is 2.35. The quantitative estimate of drug-likeness (QED) is 0.235. The zero-order chi connectivity index (χ0) is 26.9. The summed E-state index contributed by atoms with van der Waals surface area (Å²) in [6.07, 6.45) is 3.95. The van der Waals surface area contributed by atoms with Crippen molar-refractivity contribution in [1.29, 1.82) is 0 Å². The molecule has 2 heterocycles. The number of H-pyrrole nitrogens is 2. The molecule has 0 fully saturated rings. The number of carbonyl (C=O) groups excluding carboxylic acids is 2. The van der Waals surface area contributed by atoms with Crippen molar-refractivity contribution in [1.82, 2.24) is 20.3 Å². The van der Waals surface area contributed by atoms with Crippen molar-refractivity contribution >= 4 is 22.7 Å². The van der Waals surface area contributed by atoms with Crippen LogP contribution in [0.5, 0.6) is 5.75 Å². The number of Topliss-reactive ketones (excluding diaryl/α,β-unsaturated/α-hetero) is 1. The maximum Gasteiger partial charge on any atom is 0.268 e. The predicted octanol–water partition coefficient (Wildman–Crippen LogP) is 6.59. The van der Waals surface area contributed by atoms with E-state index >= 15 is 0 Å². The second-order valence-electron chi connectivity index (χ2n) is 11.2. The predicted molar refractivity (Wildman–Crippen MR) is 149 cm³/mol. The zero-order valence-electron chi connectivity index (χ0n) is 22.6. The average Bonchev–Trinajstić information content (AvgIpc) is 3.45. The summed E-state index contributed by atoms with van der Waals surface area (Å²) in [5.41, 5.74) is 5.43. The fourth-order valence-electron chi connectivity index (χ4n) is 5.38. The van der Waals surface area contributed by atoms with Gasteiger partial charge in [-0.05, 0) is 48.4 Å². The number of ketones is 1. The minimum absolute atomic E-state index is 0.106. The highest BCUT2D eigenvalue weighted by molar-refractivity contribution is 6.04. The van der Waals surface area contributed by atoms with Gasteiger partial charge in [-0.2, -0.15) is 0 Å². The van der Waals surface area contributed by atoms with Gasteiger partial charge in [-0.25, -0.2) is 4.98 Å². The summed E-state index contributed by atoms with van der Waals surface area (Å²) in [6.45, 7) is 8.65. The summed E-state index contributed by atoms with van der Waals surface area (Å²) in [6, 6.07) is 15.6. The number of imidazole rings is 1. The number of carbonyl (C=O) groups is 2. The molecule has 198 valence electrons. The number of amides is 1. The van der Waals surface area contributed by atoms with E-state index in [-0.39, 0.29) is 23.1 Å². The number of ether oxygens (including phenoxy) is 1. The SMILES string of the molecule is CCCC[C@H](NC(=O)c1[nH]c2c(c1C)C(=O)CC(C)(C)C2)c1nc2ccc(OCc3ccccc3)cc2[nH]1. The van der Waals surface area contributed by atoms with Gasteiger partial charge in [0, 0.05) is 23.7 Å². The Morgan fingerprint density at radius 2 is 1.92 bits per heavy atom. The number of rotatable bonds is 9. The van der Waals surface area contributed by atoms with Crippen LogP contribution in [0.4, 0.5) is 0 Å². The van der Waals surface area contributed by atoms with E-state index in [2.05, 4.69) is 36.1 Å². The summed E-state index contributed by atoms with van der Waals surface area (Å²) in [5.74, 6) is 1.36. The van der Waals surface area contributed by atoms with E-state index in [1.807, 2.05) is 55.5 Å². The Labute approximate surface area is 223 Å². The lowest BCUT2D eigenvalue weighted by Gasteiger charge is -2.28. The van der Waals surface area contributed by atoms with Crippen molar-refractivity contribution in [2.24, 2.45) is 5.41 Å². The molecule has 0 spiro atoms. The number of unbranched alkanes of at least 4 members (excludes halogenated alkanes) is 1. The molecule has 2 aromatic heterocycles. The summed E-state index contributed by atoms with van der Waals surface area (Å²) < 4.78 is 5.98. The van der Waals surface area contributed by atoms with Crippen molar-refractivity contribution in [3.05, 3.63) is 82.4 Å². The number of hydrogen-bond donors (Lipinski definition) is 3. The Morgan fingerprint density at radius 1 is 1.13 bits per heavy atom. The minimum Gasteiger partial charge on any atom is -0.489 e. The number of aromatic amines is 2. The van der Waals surface area contributed by atoms with Crippen molar-refractivity contribution < 1.29 is 14.3 Å². The van der Waals surface area contributed by atoms with E-state index in [9.17, 15) is 9.59 Å². The standard InChI is InChI=1S/C31H36N4O3/c1-5-6-12-23(35-30(37)28-19(2)27-25(32-28)16-31(3,4)17-26(27)36)29-33-22-14-13-21(15-24(22)34-29)38-18-20-10-8-7-9-11-20/h7-11,13-15,23,32H,5-6,12,16-18H2,1-4H3,(H,33,34)(H,35,37)/t23-/m0/s1. The normalized spacial score (nSPS) is 15.3. The fourth-order valence-corrected chi connectivity index (χ4v) is 5.38. The van der Waals surface area contributed by atoms with Crippen molar-refractivity contribution in [3.8, 4) is 5.75 Å². The molecule has 0 saturated heterocycles. The maximum atomic E-state index is 13.5.